The van der Waals surface area contributed by atoms with Crippen LogP contribution in [0.1, 0.15) is 391 Å². The number of hydrogen-bond acceptors (Lipinski definition) is 2. The highest BCUT2D eigenvalue weighted by molar-refractivity contribution is 4.84. The van der Waals surface area contributed by atoms with Gasteiger partial charge in [0.15, 0.2) is 0 Å². The second-order valence-corrected chi connectivity index (χ2v) is 23.1. The van der Waals surface area contributed by atoms with Crippen molar-refractivity contribution in [3.8, 4) is 0 Å². The molecule has 4 atom stereocenters. The van der Waals surface area contributed by atoms with Crippen molar-refractivity contribution in [1.82, 2.24) is 0 Å². The number of rotatable bonds is 52. The highest BCUT2D eigenvalue weighted by Gasteiger charge is 2.34. The summed E-state index contributed by atoms with van der Waals surface area (Å²) in [5, 5.41) is 0. The van der Waals surface area contributed by atoms with Crippen molar-refractivity contribution in [1.29, 1.82) is 0 Å². The number of hydrogen-bond donors (Lipinski definition) is 0. The van der Waals surface area contributed by atoms with Crippen molar-refractivity contribution in [2.24, 2.45) is 0 Å². The average Bonchev–Trinajstić information content (AvgIpc) is 3.31. The second-order valence-electron chi connectivity index (χ2n) is 23.1. The SMILES string of the molecule is CCCCCCCCCCCCC(C)(CC)OC(C)(CC)CCCCCCCCCCCC.CCCCCCCCCCCCC(C)(CC)OC(C)(CC)CCCCCCCCCCCC.O. The quantitative estimate of drug-likeness (QED) is 0.0571. The molecule has 0 heterocycles. The molecule has 0 saturated carbocycles. The Kier molecular flexibility index (Phi) is 53.9. The molecule has 0 aliphatic carbocycles. The van der Waals surface area contributed by atoms with Crippen LogP contribution in [0.5, 0.6) is 0 Å². The third kappa shape index (κ3) is 46.7. The molecule has 3 heteroatoms. The number of unbranched alkanes of at least 4 members (excludes halogenated alkanes) is 36. The largest absolute Gasteiger partial charge is 0.412 e. The molecule has 408 valence electrons. The Morgan fingerprint density at radius 2 is 0.313 bits per heavy atom. The van der Waals surface area contributed by atoms with E-state index in [-0.39, 0.29) is 27.9 Å². The summed E-state index contributed by atoms with van der Waals surface area (Å²) in [5.41, 5.74) is 0.236. The molecule has 0 saturated heterocycles. The minimum absolute atomic E-state index is 0. The summed E-state index contributed by atoms with van der Waals surface area (Å²) in [7, 11) is 0. The van der Waals surface area contributed by atoms with Crippen molar-refractivity contribution in [2.45, 2.75) is 414 Å². The zero-order valence-corrected chi connectivity index (χ0v) is 49.3. The Hall–Kier alpha value is -0.120. The first kappa shape index (κ1) is 71.1. The van der Waals surface area contributed by atoms with Gasteiger partial charge in [-0.25, -0.2) is 0 Å². The van der Waals surface area contributed by atoms with Crippen molar-refractivity contribution in [2.75, 3.05) is 0 Å². The van der Waals surface area contributed by atoms with Crippen molar-refractivity contribution < 1.29 is 14.9 Å². The maximum absolute atomic E-state index is 6.89. The first-order valence-corrected chi connectivity index (χ1v) is 31.3. The maximum atomic E-state index is 6.89. The molecular formula is C64H134O3. The summed E-state index contributed by atoms with van der Waals surface area (Å²) in [4.78, 5) is 0. The van der Waals surface area contributed by atoms with Crippen LogP contribution in [0.15, 0.2) is 0 Å². The lowest BCUT2D eigenvalue weighted by Crippen LogP contribution is -2.40. The molecular weight excluding hydrogens is 817 g/mol. The van der Waals surface area contributed by atoms with Gasteiger partial charge in [0.25, 0.3) is 0 Å². The van der Waals surface area contributed by atoms with E-state index in [1.54, 1.807) is 0 Å². The van der Waals surface area contributed by atoms with Crippen LogP contribution in [0.2, 0.25) is 0 Å². The third-order valence-electron chi connectivity index (χ3n) is 16.2. The molecule has 67 heavy (non-hydrogen) atoms. The van der Waals surface area contributed by atoms with Gasteiger partial charge >= 0.3 is 0 Å². The zero-order valence-electron chi connectivity index (χ0n) is 49.3. The smallest absolute Gasteiger partial charge is 0.0659 e. The summed E-state index contributed by atoms with van der Waals surface area (Å²) >= 11 is 0. The fourth-order valence-corrected chi connectivity index (χ4v) is 10.3. The lowest BCUT2D eigenvalue weighted by atomic mass is 9.89. The van der Waals surface area contributed by atoms with E-state index in [1.165, 1.54) is 283 Å². The Morgan fingerprint density at radius 3 is 0.433 bits per heavy atom. The minimum Gasteiger partial charge on any atom is -0.412 e. The standard InChI is InChI=1S/2C32H66O.H2O/c2*1-7-11-13-15-17-19-21-23-25-27-29-31(5,9-3)33-32(6,10-4)30-28-26-24-22-20-18-16-14-12-8-2;/h2*7-30H2,1-6H3;1H2. The first-order valence-electron chi connectivity index (χ1n) is 31.3. The summed E-state index contributed by atoms with van der Waals surface area (Å²) in [6, 6.07) is 0. The summed E-state index contributed by atoms with van der Waals surface area (Å²) < 4.78 is 13.8. The van der Waals surface area contributed by atoms with E-state index in [9.17, 15) is 0 Å². The van der Waals surface area contributed by atoms with Crippen LogP contribution >= 0.6 is 0 Å². The third-order valence-corrected chi connectivity index (χ3v) is 16.2. The number of ether oxygens (including phenoxy) is 2. The van der Waals surface area contributed by atoms with Crippen LogP contribution in [0.25, 0.3) is 0 Å². The first-order chi connectivity index (χ1) is 31.9. The van der Waals surface area contributed by atoms with Crippen LogP contribution in [-0.4, -0.2) is 27.9 Å². The Balaban J connectivity index is -0.00000120. The molecule has 4 unspecified atom stereocenters. The van der Waals surface area contributed by atoms with Crippen molar-refractivity contribution in [3.63, 3.8) is 0 Å². The van der Waals surface area contributed by atoms with E-state index < -0.39 is 0 Å². The predicted molar refractivity (Wildman–Crippen MR) is 306 cm³/mol. The van der Waals surface area contributed by atoms with Gasteiger partial charge < -0.3 is 14.9 Å². The van der Waals surface area contributed by atoms with Gasteiger partial charge in [0.2, 0.25) is 0 Å². The van der Waals surface area contributed by atoms with E-state index >= 15 is 0 Å². The van der Waals surface area contributed by atoms with Gasteiger partial charge in [0.05, 0.1) is 22.4 Å². The van der Waals surface area contributed by atoms with Crippen LogP contribution in [0, 0.1) is 0 Å². The Morgan fingerprint density at radius 1 is 0.194 bits per heavy atom. The van der Waals surface area contributed by atoms with E-state index in [0.29, 0.717) is 0 Å². The molecule has 0 amide bonds. The van der Waals surface area contributed by atoms with Crippen LogP contribution in [0.3, 0.4) is 0 Å². The molecule has 0 aromatic rings. The fraction of sp³-hybridized carbons (Fsp3) is 1.00. The topological polar surface area (TPSA) is 50.0 Å². The van der Waals surface area contributed by atoms with Gasteiger partial charge in [0, 0.05) is 0 Å². The molecule has 0 fully saturated rings. The fourth-order valence-electron chi connectivity index (χ4n) is 10.3. The molecule has 0 radical (unpaired) electrons. The van der Waals surface area contributed by atoms with Gasteiger partial charge in [0.1, 0.15) is 0 Å². The molecule has 0 aromatic heterocycles. The highest BCUT2D eigenvalue weighted by atomic mass is 16.5. The molecule has 0 aromatic carbocycles. The van der Waals surface area contributed by atoms with Crippen molar-refractivity contribution >= 4 is 0 Å². The lowest BCUT2D eigenvalue weighted by Gasteiger charge is -2.40. The van der Waals surface area contributed by atoms with Gasteiger partial charge in [-0.1, -0.05) is 312 Å². The molecule has 0 aliphatic heterocycles. The summed E-state index contributed by atoms with van der Waals surface area (Å²) in [6.07, 6.45) is 66.0. The van der Waals surface area contributed by atoms with Gasteiger partial charge in [-0.15, -0.1) is 0 Å². The zero-order chi connectivity index (χ0) is 49.4. The normalized spacial score (nSPS) is 15.2. The van der Waals surface area contributed by atoms with Crippen molar-refractivity contribution in [3.05, 3.63) is 0 Å². The molecule has 0 spiro atoms. The summed E-state index contributed by atoms with van der Waals surface area (Å²) in [6.45, 7) is 28.0. The van der Waals surface area contributed by atoms with Crippen LogP contribution in [-0.2, 0) is 9.47 Å². The van der Waals surface area contributed by atoms with E-state index in [4.69, 9.17) is 9.47 Å². The van der Waals surface area contributed by atoms with Crippen LogP contribution < -0.4 is 0 Å². The molecule has 0 bridgehead atoms. The van der Waals surface area contributed by atoms with E-state index in [2.05, 4.69) is 83.1 Å². The molecule has 3 nitrogen and oxygen atoms in total. The van der Waals surface area contributed by atoms with Crippen LogP contribution in [0.4, 0.5) is 0 Å². The monoisotopic (exact) mass is 951 g/mol. The average molecular weight is 952 g/mol. The molecule has 0 rings (SSSR count). The lowest BCUT2D eigenvalue weighted by molar-refractivity contribution is -0.152. The minimum atomic E-state index is 0. The Bertz CT molecular complexity index is 791. The maximum Gasteiger partial charge on any atom is 0.0659 e. The van der Waals surface area contributed by atoms with E-state index in [1.807, 2.05) is 0 Å². The summed E-state index contributed by atoms with van der Waals surface area (Å²) in [5.74, 6) is 0. The van der Waals surface area contributed by atoms with Gasteiger partial charge in [-0.05, 0) is 79.1 Å². The van der Waals surface area contributed by atoms with Gasteiger partial charge in [-0.3, -0.25) is 0 Å². The molecule has 0 aliphatic rings. The van der Waals surface area contributed by atoms with Gasteiger partial charge in [-0.2, -0.15) is 0 Å². The second kappa shape index (κ2) is 50.8. The van der Waals surface area contributed by atoms with E-state index in [0.717, 1.165) is 25.7 Å². The predicted octanol–water partition coefficient (Wildman–Crippen LogP) is 23.1. The highest BCUT2D eigenvalue weighted by Crippen LogP contribution is 2.36. The Labute approximate surface area is 426 Å². The molecule has 2 N–H and O–H groups in total.